The van der Waals surface area contributed by atoms with Crippen molar-refractivity contribution in [2.45, 2.75) is 90.4 Å². The Morgan fingerprint density at radius 1 is 0.911 bits per heavy atom. The quantitative estimate of drug-likeness (QED) is 0.174. The van der Waals surface area contributed by atoms with E-state index in [1.165, 1.54) is 7.11 Å². The van der Waals surface area contributed by atoms with Crippen molar-refractivity contribution in [1.29, 1.82) is 0 Å². The van der Waals surface area contributed by atoms with Crippen LogP contribution >= 0.6 is 0 Å². The van der Waals surface area contributed by atoms with E-state index in [1.54, 1.807) is 6.92 Å². The molecule has 0 spiro atoms. The van der Waals surface area contributed by atoms with Gasteiger partial charge in [0.15, 0.2) is 11.6 Å². The lowest BCUT2D eigenvalue weighted by Crippen LogP contribution is -2.21. The van der Waals surface area contributed by atoms with Crippen LogP contribution in [0.5, 0.6) is 0 Å². The highest BCUT2D eigenvalue weighted by atomic mass is 16.5. The van der Waals surface area contributed by atoms with Crippen LogP contribution in [0.1, 0.15) is 137 Å². The smallest absolute Gasteiger partial charge is 0.321 e. The summed E-state index contributed by atoms with van der Waals surface area (Å²) < 4.78 is 5.15. The molecule has 0 aromatic carbocycles. The molecular weight excluding hydrogens is 570 g/mol. The van der Waals surface area contributed by atoms with E-state index in [4.69, 9.17) is 20.4 Å². The van der Waals surface area contributed by atoms with Crippen LogP contribution in [-0.4, -0.2) is 50.5 Å². The normalized spacial score (nSPS) is 22.1. The van der Waals surface area contributed by atoms with Gasteiger partial charge in [-0.3, -0.25) is 29.1 Å². The van der Waals surface area contributed by atoms with Crippen molar-refractivity contribution in [2.24, 2.45) is 5.73 Å². The monoisotopic (exact) mass is 609 g/mol. The number of hydrogen-bond acceptors (Lipinski definition) is 7. The molecule has 6 rings (SSSR count). The fourth-order valence-corrected chi connectivity index (χ4v) is 7.63. The lowest BCUT2D eigenvalue weighted by molar-refractivity contribution is -0.141. The first kappa shape index (κ1) is 30.4. The van der Waals surface area contributed by atoms with Crippen molar-refractivity contribution in [1.82, 2.24) is 19.9 Å². The Bertz CT molecular complexity index is 1970. The molecule has 4 N–H and O–H groups in total. The van der Waals surface area contributed by atoms with E-state index >= 15 is 0 Å². The second-order valence-corrected chi connectivity index (χ2v) is 12.7. The van der Waals surface area contributed by atoms with Crippen LogP contribution in [0.15, 0.2) is 18.2 Å². The van der Waals surface area contributed by atoms with Crippen LogP contribution in [0, 0.1) is 13.8 Å². The van der Waals surface area contributed by atoms with Gasteiger partial charge in [0.25, 0.3) is 0 Å². The van der Waals surface area contributed by atoms with Gasteiger partial charge in [-0.05, 0) is 62.9 Å². The lowest BCUT2D eigenvalue weighted by Gasteiger charge is -2.18. The molecule has 10 heteroatoms. The average molecular weight is 610 g/mol. The first-order valence-electron chi connectivity index (χ1n) is 15.6. The van der Waals surface area contributed by atoms with Crippen LogP contribution in [0.2, 0.25) is 0 Å². The van der Waals surface area contributed by atoms with Crippen LogP contribution in [0.4, 0.5) is 0 Å². The highest BCUT2D eigenvalue weighted by Crippen LogP contribution is 2.48. The Kier molecular flexibility index (Phi) is 7.49. The van der Waals surface area contributed by atoms with Gasteiger partial charge in [0, 0.05) is 74.9 Å². The number of esters is 1. The van der Waals surface area contributed by atoms with Gasteiger partial charge in [-0.1, -0.05) is 20.8 Å². The zero-order valence-corrected chi connectivity index (χ0v) is 26.8. The molecule has 0 saturated heterocycles. The topological polar surface area (TPSA) is 161 Å². The molecule has 3 aromatic heterocycles. The van der Waals surface area contributed by atoms with Gasteiger partial charge >= 0.3 is 5.97 Å². The SMILES string of the molecule is CC[C@H]1c2cc3[nH]c4c(c3C)C(=O)C(C(=O)OC)c4c3nc(cc4[nH]c(cc(n2)[C@@H]1C)c(C(C)=O)c4C)[C@@H](C)[C@@H]3CCC(N)=O. The summed E-state index contributed by atoms with van der Waals surface area (Å²) in [4.78, 5) is 69.3. The number of hydrogen-bond donors (Lipinski definition) is 3. The van der Waals surface area contributed by atoms with E-state index in [-0.39, 0.29) is 41.7 Å². The number of nitrogens with one attached hydrogen (secondary N) is 2. The number of carbonyl (C=O) groups is 4. The Labute approximate surface area is 261 Å². The second kappa shape index (κ2) is 11.1. The molecule has 10 nitrogen and oxygen atoms in total. The molecule has 234 valence electrons. The molecule has 3 aliphatic rings. The minimum absolute atomic E-state index is 0.0580. The number of ether oxygens (including phenoxy) is 1. The molecule has 0 saturated carbocycles. The summed E-state index contributed by atoms with van der Waals surface area (Å²) in [6.07, 6.45) is 1.36. The zero-order chi connectivity index (χ0) is 32.5. The van der Waals surface area contributed by atoms with Crippen LogP contribution in [0.3, 0.4) is 0 Å². The maximum atomic E-state index is 14.0. The number of fused-ring (bicyclic) bond motifs is 8. The molecule has 1 amide bonds. The lowest BCUT2D eigenvalue weighted by atomic mass is 9.84. The van der Waals surface area contributed by atoms with E-state index < -0.39 is 17.8 Å². The number of rotatable bonds is 6. The number of aryl methyl sites for hydroxylation is 2. The predicted octanol–water partition coefficient (Wildman–Crippen LogP) is 6.04. The van der Waals surface area contributed by atoms with Gasteiger partial charge in [-0.25, -0.2) is 0 Å². The van der Waals surface area contributed by atoms with E-state index in [9.17, 15) is 19.2 Å². The minimum Gasteiger partial charge on any atom is -0.468 e. The summed E-state index contributed by atoms with van der Waals surface area (Å²) >= 11 is 0. The highest BCUT2D eigenvalue weighted by molar-refractivity contribution is 6.23. The van der Waals surface area contributed by atoms with Crippen molar-refractivity contribution in [3.8, 4) is 0 Å². The molecule has 1 aliphatic carbocycles. The van der Waals surface area contributed by atoms with Crippen molar-refractivity contribution in [2.75, 3.05) is 7.11 Å². The van der Waals surface area contributed by atoms with E-state index in [1.807, 2.05) is 39.0 Å². The van der Waals surface area contributed by atoms with E-state index in [2.05, 4.69) is 23.8 Å². The largest absolute Gasteiger partial charge is 0.468 e. The van der Waals surface area contributed by atoms with E-state index in [0.717, 1.165) is 40.0 Å². The number of primary amides is 1. The third kappa shape index (κ3) is 4.69. The number of methoxy groups -OCH3 is 1. The fourth-order valence-electron chi connectivity index (χ4n) is 7.63. The summed E-state index contributed by atoms with van der Waals surface area (Å²) in [7, 11) is 1.27. The molecule has 45 heavy (non-hydrogen) atoms. The first-order valence-corrected chi connectivity index (χ1v) is 15.6. The predicted molar refractivity (Wildman–Crippen MR) is 171 cm³/mol. The summed E-state index contributed by atoms with van der Waals surface area (Å²) in [5.74, 6) is -2.94. The Morgan fingerprint density at radius 3 is 2.18 bits per heavy atom. The molecule has 2 aliphatic heterocycles. The second-order valence-electron chi connectivity index (χ2n) is 12.7. The summed E-state index contributed by atoms with van der Waals surface area (Å²) in [5, 5.41) is 0. The van der Waals surface area contributed by atoms with Crippen molar-refractivity contribution >= 4 is 45.5 Å². The third-order valence-electron chi connectivity index (χ3n) is 10.1. The van der Waals surface area contributed by atoms with Gasteiger partial charge < -0.3 is 20.4 Å². The molecular formula is C35H39N5O5. The third-order valence-corrected chi connectivity index (χ3v) is 10.1. The molecule has 3 aromatic rings. The zero-order valence-electron chi connectivity index (χ0n) is 26.8. The Morgan fingerprint density at radius 2 is 1.53 bits per heavy atom. The molecule has 5 heterocycles. The number of Topliss-reactive ketones (excluding diaryl/α,β-unsaturated/α-hetero) is 2. The molecule has 0 fully saturated rings. The molecule has 5 atom stereocenters. The van der Waals surface area contributed by atoms with Crippen molar-refractivity contribution < 1.29 is 23.9 Å². The summed E-state index contributed by atoms with van der Waals surface area (Å²) in [5.41, 5.74) is 14.4. The minimum atomic E-state index is -1.19. The summed E-state index contributed by atoms with van der Waals surface area (Å²) in [6.45, 7) is 11.6. The standard InChI is InChI=1S/C35H39N5O5/c1-8-19-14(2)21-13-26-28(18(6)41)16(4)23(38-26)11-22-15(3)20(9-10-27(36)42)32(39-22)30-31(35(44)45-7)34(43)29-17(5)24(40-33(29)30)12-25(19)37-21/h11-15,19-20,31,38,40H,8-10H2,1-7H3,(H2,36,42)/t14-,15+,19-,20+,31?/m1/s1. The number of nitrogens with two attached hydrogens (primary N) is 1. The van der Waals surface area contributed by atoms with Crippen molar-refractivity contribution in [3.05, 3.63) is 68.8 Å². The molecule has 1 unspecified atom stereocenters. The first-order chi connectivity index (χ1) is 21.4. The van der Waals surface area contributed by atoms with Crippen LogP contribution < -0.4 is 5.73 Å². The van der Waals surface area contributed by atoms with Gasteiger partial charge in [-0.15, -0.1) is 0 Å². The number of nitrogens with zero attached hydrogens (tertiary/aromatic N) is 2. The van der Waals surface area contributed by atoms with E-state index in [0.29, 0.717) is 45.5 Å². The van der Waals surface area contributed by atoms with Gasteiger partial charge in [0.2, 0.25) is 5.91 Å². The number of amides is 1. The van der Waals surface area contributed by atoms with Crippen molar-refractivity contribution in [3.63, 3.8) is 0 Å². The van der Waals surface area contributed by atoms with Crippen LogP contribution in [-0.2, 0) is 14.3 Å². The number of aromatic nitrogens is 4. The Balaban J connectivity index is 1.81. The van der Waals surface area contributed by atoms with Gasteiger partial charge in [-0.2, -0.15) is 0 Å². The molecule has 8 bridgehead atoms. The average Bonchev–Trinajstić information content (AvgIpc) is 3.72. The Hall–Kier alpha value is -4.60. The number of H-pyrrole nitrogens is 2. The van der Waals surface area contributed by atoms with Crippen LogP contribution in [0.25, 0.3) is 22.1 Å². The molecule has 0 radical (unpaired) electrons. The number of ketones is 2. The van der Waals surface area contributed by atoms with Gasteiger partial charge in [0.1, 0.15) is 5.92 Å². The number of aromatic amines is 2. The fraction of sp³-hybridized carbons (Fsp3) is 0.429. The highest BCUT2D eigenvalue weighted by Gasteiger charge is 2.45. The number of carbonyl (C=O) groups excluding carboxylic acids is 4. The maximum absolute atomic E-state index is 14.0. The van der Waals surface area contributed by atoms with Gasteiger partial charge in [0.05, 0.1) is 23.8 Å². The maximum Gasteiger partial charge on any atom is 0.321 e. The summed E-state index contributed by atoms with van der Waals surface area (Å²) in [6, 6.07) is 5.90.